The van der Waals surface area contributed by atoms with Crippen LogP contribution in [0.5, 0.6) is 5.75 Å². The van der Waals surface area contributed by atoms with Crippen molar-refractivity contribution in [2.24, 2.45) is 5.92 Å². The number of aromatic nitrogens is 3. The van der Waals surface area contributed by atoms with E-state index in [2.05, 4.69) is 15.5 Å². The number of hydrogen-bond acceptors (Lipinski definition) is 5. The Morgan fingerprint density at radius 3 is 2.77 bits per heavy atom. The lowest BCUT2D eigenvalue weighted by atomic mass is 10.1. The van der Waals surface area contributed by atoms with E-state index in [9.17, 15) is 4.79 Å². The van der Waals surface area contributed by atoms with Crippen LogP contribution in [0.3, 0.4) is 0 Å². The van der Waals surface area contributed by atoms with Gasteiger partial charge in [0, 0.05) is 17.2 Å². The van der Waals surface area contributed by atoms with Crippen LogP contribution in [0.1, 0.15) is 37.2 Å². The quantitative estimate of drug-likeness (QED) is 0.447. The molecule has 0 aliphatic rings. The minimum Gasteiger partial charge on any atom is -0.497 e. The molecule has 0 bridgehead atoms. The average molecular weight is 459 g/mol. The van der Waals surface area contributed by atoms with Crippen molar-refractivity contribution in [3.05, 3.63) is 64.4 Å². The summed E-state index contributed by atoms with van der Waals surface area (Å²) in [7, 11) is 1.66. The fourth-order valence-corrected chi connectivity index (χ4v) is 4.18. The van der Waals surface area contributed by atoms with Crippen LogP contribution in [0.25, 0.3) is 5.69 Å². The maximum absolute atomic E-state index is 12.2. The second kappa shape index (κ2) is 10.7. The summed E-state index contributed by atoms with van der Waals surface area (Å²) in [5.41, 5.74) is 3.06. The van der Waals surface area contributed by atoms with Crippen LogP contribution in [0.2, 0.25) is 5.02 Å². The second-order valence-corrected chi connectivity index (χ2v) is 9.06. The molecule has 8 heteroatoms. The number of halogens is 1. The van der Waals surface area contributed by atoms with E-state index in [0.717, 1.165) is 27.7 Å². The molecule has 2 aromatic carbocycles. The van der Waals surface area contributed by atoms with Crippen molar-refractivity contribution in [1.29, 1.82) is 0 Å². The van der Waals surface area contributed by atoms with Crippen molar-refractivity contribution in [1.82, 2.24) is 20.1 Å². The molecule has 164 valence electrons. The van der Waals surface area contributed by atoms with Crippen molar-refractivity contribution < 1.29 is 9.53 Å². The summed E-state index contributed by atoms with van der Waals surface area (Å²) < 4.78 is 7.29. The zero-order valence-corrected chi connectivity index (χ0v) is 19.8. The van der Waals surface area contributed by atoms with Gasteiger partial charge in [-0.1, -0.05) is 55.4 Å². The molecule has 31 heavy (non-hydrogen) atoms. The Morgan fingerprint density at radius 2 is 2.03 bits per heavy atom. The van der Waals surface area contributed by atoms with Gasteiger partial charge < -0.3 is 10.1 Å². The fourth-order valence-electron chi connectivity index (χ4n) is 3.10. The normalized spacial score (nSPS) is 11.0. The van der Waals surface area contributed by atoms with Gasteiger partial charge in [-0.05, 0) is 48.2 Å². The van der Waals surface area contributed by atoms with Crippen molar-refractivity contribution in [2.75, 3.05) is 7.11 Å². The number of thioether (sulfide) groups is 1. The first-order chi connectivity index (χ1) is 14.9. The van der Waals surface area contributed by atoms with E-state index in [1.165, 1.54) is 0 Å². The SMILES string of the molecule is COc1cccc(CSc2nnc(CNC(=O)CC(C)C)n2-c2cc(Cl)ccc2C)c1. The molecule has 1 N–H and O–H groups in total. The van der Waals surface area contributed by atoms with Crippen LogP contribution in [0, 0.1) is 12.8 Å². The molecule has 0 aliphatic heterocycles. The third-order valence-electron chi connectivity index (χ3n) is 4.65. The molecule has 1 amide bonds. The first-order valence-corrected chi connectivity index (χ1v) is 11.5. The highest BCUT2D eigenvalue weighted by Crippen LogP contribution is 2.29. The van der Waals surface area contributed by atoms with E-state index in [1.54, 1.807) is 18.9 Å². The maximum atomic E-state index is 12.2. The van der Waals surface area contributed by atoms with E-state index in [1.807, 2.05) is 67.8 Å². The van der Waals surface area contributed by atoms with Gasteiger partial charge in [0.2, 0.25) is 5.91 Å². The number of hydrogen-bond donors (Lipinski definition) is 1. The van der Waals surface area contributed by atoms with E-state index in [0.29, 0.717) is 35.5 Å². The first kappa shape index (κ1) is 23.2. The van der Waals surface area contributed by atoms with Crippen LogP contribution in [-0.4, -0.2) is 27.8 Å². The highest BCUT2D eigenvalue weighted by atomic mass is 35.5. The molecule has 3 aromatic rings. The Morgan fingerprint density at radius 1 is 1.23 bits per heavy atom. The van der Waals surface area contributed by atoms with Gasteiger partial charge in [0.1, 0.15) is 5.75 Å². The number of aryl methyl sites for hydroxylation is 1. The zero-order chi connectivity index (χ0) is 22.4. The molecule has 1 heterocycles. The number of methoxy groups -OCH3 is 1. The molecule has 0 atom stereocenters. The van der Waals surface area contributed by atoms with Crippen LogP contribution in [0.15, 0.2) is 47.6 Å². The Hall–Kier alpha value is -2.51. The summed E-state index contributed by atoms with van der Waals surface area (Å²) in [5, 5.41) is 13.1. The predicted molar refractivity (Wildman–Crippen MR) is 125 cm³/mol. The number of carbonyl (C=O) groups is 1. The topological polar surface area (TPSA) is 69.0 Å². The molecular weight excluding hydrogens is 432 g/mol. The molecule has 0 saturated heterocycles. The molecule has 0 radical (unpaired) electrons. The van der Waals surface area contributed by atoms with E-state index < -0.39 is 0 Å². The highest BCUT2D eigenvalue weighted by Gasteiger charge is 2.18. The zero-order valence-electron chi connectivity index (χ0n) is 18.2. The van der Waals surface area contributed by atoms with Crippen LogP contribution in [-0.2, 0) is 17.1 Å². The number of rotatable bonds is 9. The number of nitrogens with zero attached hydrogens (tertiary/aromatic N) is 3. The summed E-state index contributed by atoms with van der Waals surface area (Å²) in [5.74, 6) is 2.48. The Balaban J connectivity index is 1.88. The molecule has 1 aromatic heterocycles. The van der Waals surface area contributed by atoms with Crippen molar-refractivity contribution in [2.45, 2.75) is 44.6 Å². The van der Waals surface area contributed by atoms with Crippen molar-refractivity contribution >= 4 is 29.3 Å². The minimum absolute atomic E-state index is 0.00190. The smallest absolute Gasteiger partial charge is 0.220 e. The van der Waals surface area contributed by atoms with Gasteiger partial charge in [0.15, 0.2) is 11.0 Å². The number of benzene rings is 2. The van der Waals surface area contributed by atoms with Crippen molar-refractivity contribution in [3.8, 4) is 11.4 Å². The van der Waals surface area contributed by atoms with Gasteiger partial charge in [-0.25, -0.2) is 0 Å². The van der Waals surface area contributed by atoms with E-state index in [-0.39, 0.29) is 5.91 Å². The molecule has 0 spiro atoms. The maximum Gasteiger partial charge on any atom is 0.220 e. The summed E-state index contributed by atoms with van der Waals surface area (Å²) >= 11 is 7.86. The number of ether oxygens (including phenoxy) is 1. The summed E-state index contributed by atoms with van der Waals surface area (Å²) in [6, 6.07) is 13.7. The molecular formula is C23H27ClN4O2S. The van der Waals surface area contributed by atoms with E-state index >= 15 is 0 Å². The average Bonchev–Trinajstić information content (AvgIpc) is 3.14. The number of amides is 1. The van der Waals surface area contributed by atoms with Gasteiger partial charge in [0.25, 0.3) is 0 Å². The highest BCUT2D eigenvalue weighted by molar-refractivity contribution is 7.98. The van der Waals surface area contributed by atoms with Gasteiger partial charge in [0.05, 0.1) is 19.3 Å². The Kier molecular flexibility index (Phi) is 7.98. The third kappa shape index (κ3) is 6.24. The molecule has 0 unspecified atom stereocenters. The van der Waals surface area contributed by atoms with Crippen LogP contribution < -0.4 is 10.1 Å². The Labute approximate surface area is 192 Å². The fraction of sp³-hybridized carbons (Fsp3) is 0.348. The van der Waals surface area contributed by atoms with Gasteiger partial charge >= 0.3 is 0 Å². The lowest BCUT2D eigenvalue weighted by Crippen LogP contribution is -2.25. The van der Waals surface area contributed by atoms with E-state index in [4.69, 9.17) is 16.3 Å². The van der Waals surface area contributed by atoms with Crippen LogP contribution in [0.4, 0.5) is 0 Å². The van der Waals surface area contributed by atoms with Crippen LogP contribution >= 0.6 is 23.4 Å². The summed E-state index contributed by atoms with van der Waals surface area (Å²) in [4.78, 5) is 12.2. The summed E-state index contributed by atoms with van der Waals surface area (Å²) in [6.45, 7) is 6.35. The lowest BCUT2D eigenvalue weighted by molar-refractivity contribution is -0.122. The molecule has 0 aliphatic carbocycles. The molecule has 0 fully saturated rings. The number of carbonyl (C=O) groups excluding carboxylic acids is 1. The first-order valence-electron chi connectivity index (χ1n) is 10.1. The molecule has 6 nitrogen and oxygen atoms in total. The van der Waals surface area contributed by atoms with Gasteiger partial charge in [-0.2, -0.15) is 0 Å². The lowest BCUT2D eigenvalue weighted by Gasteiger charge is -2.14. The molecule has 3 rings (SSSR count). The monoisotopic (exact) mass is 458 g/mol. The second-order valence-electron chi connectivity index (χ2n) is 7.68. The predicted octanol–water partition coefficient (Wildman–Crippen LogP) is 5.19. The minimum atomic E-state index is -0.00190. The standard InChI is InChI=1S/C23H27ClN4O2S/c1-15(2)10-22(29)25-13-21-26-27-23(28(21)20-12-18(24)9-8-16(20)3)31-14-17-6-5-7-19(11-17)30-4/h5-9,11-12,15H,10,13-14H2,1-4H3,(H,25,29). The summed E-state index contributed by atoms with van der Waals surface area (Å²) in [6.07, 6.45) is 0.474. The Bertz CT molecular complexity index is 1050. The van der Waals surface area contributed by atoms with Crippen molar-refractivity contribution in [3.63, 3.8) is 0 Å². The van der Waals surface area contributed by atoms with Gasteiger partial charge in [-0.3, -0.25) is 9.36 Å². The number of nitrogens with one attached hydrogen (secondary N) is 1. The third-order valence-corrected chi connectivity index (χ3v) is 5.89. The van der Waals surface area contributed by atoms with Gasteiger partial charge in [-0.15, -0.1) is 10.2 Å². The largest absolute Gasteiger partial charge is 0.497 e. The molecule has 0 saturated carbocycles.